The molecule has 0 radical (unpaired) electrons. The van der Waals surface area contributed by atoms with Crippen LogP contribution in [-0.2, 0) is 38.1 Å². The Hall–Kier alpha value is -1.67. The second-order valence-corrected chi connectivity index (χ2v) is 13.5. The van der Waals surface area contributed by atoms with Crippen LogP contribution in [0.3, 0.4) is 0 Å². The number of nitrogens with two attached hydrogens (primary N) is 1. The van der Waals surface area contributed by atoms with E-state index in [1.165, 1.54) is 6.92 Å². The molecule has 0 aromatic carbocycles. The highest BCUT2D eigenvalue weighted by Gasteiger charge is 2.51. The van der Waals surface area contributed by atoms with E-state index in [0.29, 0.717) is 32.3 Å². The minimum Gasteiger partial charge on any atom is -0.458 e. The van der Waals surface area contributed by atoms with Gasteiger partial charge in [0.05, 0.1) is 23.9 Å². The van der Waals surface area contributed by atoms with Gasteiger partial charge in [-0.05, 0) is 79.9 Å². The Balaban J connectivity index is 2.59. The van der Waals surface area contributed by atoms with Crippen molar-refractivity contribution in [2.75, 3.05) is 27.7 Å². The molecule has 0 aromatic rings. The lowest BCUT2D eigenvalue weighted by atomic mass is 9.78. The van der Waals surface area contributed by atoms with Crippen LogP contribution < -0.4 is 11.1 Å². The first-order valence-corrected chi connectivity index (χ1v) is 16.1. The molecule has 2 aliphatic heterocycles. The van der Waals surface area contributed by atoms with Crippen molar-refractivity contribution in [1.82, 2.24) is 10.2 Å². The number of esters is 1. The molecule has 0 saturated carbocycles. The van der Waals surface area contributed by atoms with Crippen LogP contribution >= 0.6 is 0 Å². The van der Waals surface area contributed by atoms with Crippen LogP contribution in [0.1, 0.15) is 81.1 Å². The van der Waals surface area contributed by atoms with E-state index in [2.05, 4.69) is 12.2 Å². The minimum absolute atomic E-state index is 0.0127. The summed E-state index contributed by atoms with van der Waals surface area (Å²) in [5.41, 5.74) is 4.29. The van der Waals surface area contributed by atoms with Gasteiger partial charge in [-0.2, -0.15) is 0 Å². The van der Waals surface area contributed by atoms with Gasteiger partial charge in [-0.15, -0.1) is 0 Å². The molecule has 44 heavy (non-hydrogen) atoms. The van der Waals surface area contributed by atoms with E-state index in [1.54, 1.807) is 27.9 Å². The molecule has 2 aliphatic rings. The summed E-state index contributed by atoms with van der Waals surface area (Å²) >= 11 is 0. The summed E-state index contributed by atoms with van der Waals surface area (Å²) in [6, 6.07) is -1.28. The number of ketones is 1. The van der Waals surface area contributed by atoms with Gasteiger partial charge in [-0.25, -0.2) is 0 Å². The number of nitrogens with one attached hydrogen (secondary N) is 1. The van der Waals surface area contributed by atoms with E-state index in [-0.39, 0.29) is 24.1 Å². The Morgan fingerprint density at radius 3 is 2.30 bits per heavy atom. The number of cyclic esters (lactones) is 1. The number of hydrogen-bond donors (Lipinski definition) is 3. The fraction of sp³-hybridized carbons (Fsp3) is 0.906. The lowest BCUT2D eigenvalue weighted by Crippen LogP contribution is -2.64. The van der Waals surface area contributed by atoms with Crippen molar-refractivity contribution in [2.24, 2.45) is 23.5 Å². The molecule has 2 rings (SSSR count). The van der Waals surface area contributed by atoms with Gasteiger partial charge in [0.25, 0.3) is 6.47 Å². The Kier molecular flexibility index (Phi) is 14.2. The first-order chi connectivity index (χ1) is 20.5. The van der Waals surface area contributed by atoms with Crippen LogP contribution in [0.4, 0.5) is 0 Å². The second kappa shape index (κ2) is 16.2. The van der Waals surface area contributed by atoms with Crippen molar-refractivity contribution in [1.29, 1.82) is 0 Å². The molecule has 1 unspecified atom stereocenters. The summed E-state index contributed by atoms with van der Waals surface area (Å²) in [6.45, 7) is 15.3. The van der Waals surface area contributed by atoms with Gasteiger partial charge in [0, 0.05) is 25.1 Å². The van der Waals surface area contributed by atoms with Crippen LogP contribution in [0, 0.1) is 17.8 Å². The summed E-state index contributed by atoms with van der Waals surface area (Å²) < 4.78 is 30.4. The van der Waals surface area contributed by atoms with E-state index < -0.39 is 65.4 Å². The van der Waals surface area contributed by atoms with Gasteiger partial charge >= 0.3 is 5.97 Å². The number of methoxy groups -OCH3 is 1. The molecular formula is C32H59N3O9. The zero-order chi connectivity index (χ0) is 33.6. The van der Waals surface area contributed by atoms with Gasteiger partial charge in [-0.1, -0.05) is 27.7 Å². The molecule has 0 spiro atoms. The predicted octanol–water partition coefficient (Wildman–Crippen LogP) is 2.03. The number of carbonyl (C=O) groups is 3. The predicted molar refractivity (Wildman–Crippen MR) is 166 cm³/mol. The number of aliphatic hydroxyl groups excluding tert-OH is 1. The third kappa shape index (κ3) is 8.57. The summed E-state index contributed by atoms with van der Waals surface area (Å²) in [5, 5.41) is 14.8. The zero-order valence-electron chi connectivity index (χ0n) is 28.7. The molecule has 2 heterocycles. The molecule has 0 aliphatic carbocycles. The van der Waals surface area contributed by atoms with Crippen molar-refractivity contribution < 1.29 is 43.2 Å². The van der Waals surface area contributed by atoms with Crippen molar-refractivity contribution in [3.63, 3.8) is 0 Å². The van der Waals surface area contributed by atoms with Crippen LogP contribution in [-0.4, -0.2) is 116 Å². The maximum absolute atomic E-state index is 14.0. The first kappa shape index (κ1) is 38.5. The number of likely N-dealkylation sites (N-methyl/N-ethyl adjacent to an activating group) is 1. The van der Waals surface area contributed by atoms with Crippen LogP contribution in [0.25, 0.3) is 0 Å². The van der Waals surface area contributed by atoms with Crippen LogP contribution in [0.15, 0.2) is 0 Å². The average Bonchev–Trinajstić information content (AvgIpc) is 2.99. The Bertz CT molecular complexity index is 954. The first-order valence-electron chi connectivity index (χ1n) is 16.1. The smallest absolute Gasteiger partial charge is 0.316 e. The largest absolute Gasteiger partial charge is 0.458 e. The fourth-order valence-electron chi connectivity index (χ4n) is 6.81. The molecule has 2 saturated heterocycles. The van der Waals surface area contributed by atoms with E-state index in [9.17, 15) is 19.5 Å². The lowest BCUT2D eigenvalue weighted by molar-refractivity contribution is -0.298. The standard InChI is InChI=1S/C32H59N3O9/c1-12-22-14-23(35(9)10)26(38)30(42-22)44-28-19(4)25(37)20(5)29(39)43-24(13-2)32(8,41-17-36)27(33)21(6)34-16-18(3)15-31(28,7)40-11/h17-24,26-28,30,34,38H,12-16,33H2,1-11H3/t18-,19+,20?,21-,22-,23+,24-,26-,27-,28-,30+,31-,32-/m1/s1. The van der Waals surface area contributed by atoms with Crippen molar-refractivity contribution >= 4 is 18.2 Å². The Labute approximate surface area is 264 Å². The maximum atomic E-state index is 14.0. The lowest BCUT2D eigenvalue weighted by Gasteiger charge is -2.47. The van der Waals surface area contributed by atoms with Crippen LogP contribution in [0.2, 0.25) is 0 Å². The van der Waals surface area contributed by atoms with E-state index in [4.69, 9.17) is 29.4 Å². The maximum Gasteiger partial charge on any atom is 0.316 e. The van der Waals surface area contributed by atoms with Gasteiger partial charge in [0.1, 0.15) is 18.1 Å². The normalized spacial score (nSPS) is 43.5. The summed E-state index contributed by atoms with van der Waals surface area (Å²) in [6.07, 6.45) is -1.77. The third-order valence-corrected chi connectivity index (χ3v) is 9.97. The van der Waals surface area contributed by atoms with Crippen LogP contribution in [0.5, 0.6) is 0 Å². The van der Waals surface area contributed by atoms with Crippen molar-refractivity contribution in [3.8, 4) is 0 Å². The second-order valence-electron chi connectivity index (χ2n) is 13.5. The molecule has 0 aromatic heterocycles. The van der Waals surface area contributed by atoms with Crippen molar-refractivity contribution in [2.45, 2.75) is 141 Å². The minimum atomic E-state index is -1.35. The number of Topliss-reactive ketones (excluding diaryl/α,β-unsaturated/α-hetero) is 1. The molecular weight excluding hydrogens is 570 g/mol. The monoisotopic (exact) mass is 629 g/mol. The summed E-state index contributed by atoms with van der Waals surface area (Å²) in [5.74, 6) is -3.16. The summed E-state index contributed by atoms with van der Waals surface area (Å²) in [7, 11) is 5.38. The van der Waals surface area contributed by atoms with Gasteiger partial charge in [-0.3, -0.25) is 14.4 Å². The number of aliphatic hydroxyl groups is 1. The average molecular weight is 630 g/mol. The topological polar surface area (TPSA) is 159 Å². The molecule has 12 nitrogen and oxygen atoms in total. The Morgan fingerprint density at radius 1 is 1.14 bits per heavy atom. The van der Waals surface area contributed by atoms with E-state index in [0.717, 1.165) is 6.42 Å². The highest BCUT2D eigenvalue weighted by atomic mass is 16.7. The SMILES string of the molecule is CC[C@@H]1C[C@H](N(C)C)[C@@H](O)[C@H](O[C@@H]2[C@@H](C)C(=O)C(C)C(=O)O[C@H](CC)[C@@](C)(OC=O)[C@H](N)[C@@H](C)NC[C@H](C)C[C@@]2(C)OC)O1. The highest BCUT2D eigenvalue weighted by molar-refractivity contribution is 6.00. The van der Waals surface area contributed by atoms with E-state index in [1.807, 2.05) is 39.8 Å². The quantitative estimate of drug-likeness (QED) is 0.204. The fourth-order valence-corrected chi connectivity index (χ4v) is 6.81. The summed E-state index contributed by atoms with van der Waals surface area (Å²) in [4.78, 5) is 41.1. The molecule has 12 heteroatoms. The molecule has 256 valence electrons. The highest BCUT2D eigenvalue weighted by Crippen LogP contribution is 2.37. The number of ether oxygens (including phenoxy) is 5. The number of hydrogen-bond acceptors (Lipinski definition) is 12. The molecule has 0 bridgehead atoms. The van der Waals surface area contributed by atoms with Gasteiger partial charge < -0.3 is 44.7 Å². The Morgan fingerprint density at radius 2 is 1.77 bits per heavy atom. The van der Waals surface area contributed by atoms with Gasteiger partial charge in [0.15, 0.2) is 17.7 Å². The molecule has 0 amide bonds. The number of nitrogens with zero attached hydrogens (tertiary/aromatic N) is 1. The van der Waals surface area contributed by atoms with Gasteiger partial charge in [0.2, 0.25) is 0 Å². The molecule has 2 fully saturated rings. The molecule has 4 N–H and O–H groups in total. The number of rotatable bonds is 8. The zero-order valence-corrected chi connectivity index (χ0v) is 28.7. The molecule has 13 atom stereocenters. The van der Waals surface area contributed by atoms with E-state index >= 15 is 0 Å². The number of carbonyl (C=O) groups excluding carboxylic acids is 3. The third-order valence-electron chi connectivity index (χ3n) is 9.97. The van der Waals surface area contributed by atoms with Crippen molar-refractivity contribution in [3.05, 3.63) is 0 Å².